The van der Waals surface area contributed by atoms with E-state index in [1.54, 1.807) is 7.05 Å². The van der Waals surface area contributed by atoms with Gasteiger partial charge < -0.3 is 15.0 Å². The van der Waals surface area contributed by atoms with E-state index in [1.807, 2.05) is 0 Å². The number of benzene rings is 1. The number of rotatable bonds is 7. The second-order valence-corrected chi connectivity index (χ2v) is 8.31. The molecule has 1 aliphatic heterocycles. The van der Waals surface area contributed by atoms with E-state index in [-0.39, 0.29) is 29.3 Å². The quantitative estimate of drug-likeness (QED) is 0.745. The first-order valence-electron chi connectivity index (χ1n) is 8.47. The van der Waals surface area contributed by atoms with E-state index in [9.17, 15) is 17.6 Å². The van der Waals surface area contributed by atoms with E-state index in [0.717, 1.165) is 44.4 Å². The summed E-state index contributed by atoms with van der Waals surface area (Å²) in [6.07, 6.45) is 4.24. The zero-order chi connectivity index (χ0) is 18.3. The smallest absolute Gasteiger partial charge is 0.317 e. The highest BCUT2D eigenvalue weighted by Crippen LogP contribution is 2.15. The van der Waals surface area contributed by atoms with Crippen molar-refractivity contribution >= 4 is 15.9 Å². The molecule has 0 bridgehead atoms. The lowest BCUT2D eigenvalue weighted by molar-refractivity contribution is 0.00829. The third-order valence-corrected chi connectivity index (χ3v) is 5.96. The first-order valence-corrected chi connectivity index (χ1v) is 10.1. The number of sulfone groups is 1. The van der Waals surface area contributed by atoms with Gasteiger partial charge in [0.1, 0.15) is 5.82 Å². The molecule has 1 aromatic carbocycles. The van der Waals surface area contributed by atoms with Crippen molar-refractivity contribution in [1.29, 1.82) is 0 Å². The van der Waals surface area contributed by atoms with Crippen LogP contribution in [0.15, 0.2) is 29.2 Å². The van der Waals surface area contributed by atoms with Crippen LogP contribution >= 0.6 is 0 Å². The van der Waals surface area contributed by atoms with E-state index in [4.69, 9.17) is 4.74 Å². The second-order valence-electron chi connectivity index (χ2n) is 6.20. The molecular weight excluding hydrogens is 347 g/mol. The van der Waals surface area contributed by atoms with E-state index in [0.29, 0.717) is 6.54 Å². The first kappa shape index (κ1) is 19.7. The number of halogens is 1. The number of amides is 2. The maximum Gasteiger partial charge on any atom is 0.317 e. The summed E-state index contributed by atoms with van der Waals surface area (Å²) in [5.74, 6) is -0.722. The van der Waals surface area contributed by atoms with E-state index in [2.05, 4.69) is 5.32 Å². The van der Waals surface area contributed by atoms with Gasteiger partial charge in [0.25, 0.3) is 0 Å². The van der Waals surface area contributed by atoms with Gasteiger partial charge in [-0.2, -0.15) is 0 Å². The molecule has 1 N–H and O–H groups in total. The lowest BCUT2D eigenvalue weighted by atomic mass is 10.1. The minimum Gasteiger partial charge on any atom is -0.378 e. The van der Waals surface area contributed by atoms with Gasteiger partial charge in [-0.25, -0.2) is 17.6 Å². The zero-order valence-corrected chi connectivity index (χ0v) is 15.2. The molecule has 2 rings (SSSR count). The zero-order valence-electron chi connectivity index (χ0n) is 14.4. The predicted octanol–water partition coefficient (Wildman–Crippen LogP) is 2.20. The molecule has 1 heterocycles. The van der Waals surface area contributed by atoms with Crippen molar-refractivity contribution in [3.63, 3.8) is 0 Å². The monoisotopic (exact) mass is 372 g/mol. The number of urea groups is 1. The summed E-state index contributed by atoms with van der Waals surface area (Å²) in [7, 11) is -1.87. The number of hydrogen-bond acceptors (Lipinski definition) is 4. The maximum atomic E-state index is 12.9. The summed E-state index contributed by atoms with van der Waals surface area (Å²) in [6.45, 7) is 1.34. The molecule has 1 atom stereocenters. The van der Waals surface area contributed by atoms with Crippen LogP contribution in [-0.4, -0.2) is 57.9 Å². The summed E-state index contributed by atoms with van der Waals surface area (Å²) in [5, 5.41) is 2.60. The van der Waals surface area contributed by atoms with Crippen LogP contribution in [0.5, 0.6) is 0 Å². The Morgan fingerprint density at radius 2 is 2.04 bits per heavy atom. The molecule has 140 valence electrons. The summed E-state index contributed by atoms with van der Waals surface area (Å²) >= 11 is 0. The molecule has 1 fully saturated rings. The molecule has 25 heavy (non-hydrogen) atoms. The number of carbonyl (C=O) groups is 1. The molecule has 1 aromatic rings. The Hall–Kier alpha value is -1.67. The molecule has 6 nitrogen and oxygen atoms in total. The predicted molar refractivity (Wildman–Crippen MR) is 92.7 cm³/mol. The van der Waals surface area contributed by atoms with Crippen LogP contribution in [0.2, 0.25) is 0 Å². The van der Waals surface area contributed by atoms with Crippen LogP contribution in [0.4, 0.5) is 9.18 Å². The van der Waals surface area contributed by atoms with Crippen LogP contribution in [0.1, 0.15) is 25.7 Å². The lowest BCUT2D eigenvalue weighted by Crippen LogP contribution is -2.40. The van der Waals surface area contributed by atoms with Crippen LogP contribution in [-0.2, 0) is 14.6 Å². The largest absolute Gasteiger partial charge is 0.378 e. The van der Waals surface area contributed by atoms with E-state index in [1.165, 1.54) is 17.0 Å². The average molecular weight is 372 g/mol. The van der Waals surface area contributed by atoms with Crippen LogP contribution < -0.4 is 5.32 Å². The highest BCUT2D eigenvalue weighted by molar-refractivity contribution is 7.91. The van der Waals surface area contributed by atoms with Crippen molar-refractivity contribution in [2.75, 3.05) is 32.5 Å². The van der Waals surface area contributed by atoms with Gasteiger partial charge in [0.15, 0.2) is 9.84 Å². The molecule has 2 amide bonds. The highest BCUT2D eigenvalue weighted by atomic mass is 32.2. The molecule has 1 saturated heterocycles. The van der Waals surface area contributed by atoms with Crippen LogP contribution in [0.3, 0.4) is 0 Å². The number of ether oxygens (including phenoxy) is 1. The fraction of sp³-hybridized carbons (Fsp3) is 0.588. The SMILES string of the molecule is CN(CCC1CCCCO1)C(=O)NCCS(=O)(=O)c1ccc(F)cc1. The Morgan fingerprint density at radius 3 is 2.68 bits per heavy atom. The van der Waals surface area contributed by atoms with Crippen LogP contribution in [0.25, 0.3) is 0 Å². The van der Waals surface area contributed by atoms with Gasteiger partial charge in [0.05, 0.1) is 16.8 Å². The third kappa shape index (κ3) is 6.28. The molecular formula is C17H25FN2O4S. The Labute approximate surface area is 148 Å². The molecule has 0 spiro atoms. The Bertz CT molecular complexity index is 658. The molecule has 0 aromatic heterocycles. The molecule has 8 heteroatoms. The first-order chi connectivity index (χ1) is 11.9. The number of nitrogens with one attached hydrogen (secondary N) is 1. The second kappa shape index (κ2) is 9.15. The summed E-state index contributed by atoms with van der Waals surface area (Å²) < 4.78 is 42.7. The van der Waals surface area contributed by atoms with Gasteiger partial charge in [-0.05, 0) is 49.9 Å². The minimum atomic E-state index is -3.55. The normalized spacial score (nSPS) is 17.9. The fourth-order valence-corrected chi connectivity index (χ4v) is 3.82. The van der Waals surface area contributed by atoms with Gasteiger partial charge in [-0.15, -0.1) is 0 Å². The standard InChI is InChI=1S/C17H25FN2O4S/c1-20(11-9-15-4-2-3-12-24-15)17(21)19-10-13-25(22,23)16-7-5-14(18)6-8-16/h5-8,15H,2-4,9-13H2,1H3,(H,19,21). The molecule has 0 aliphatic carbocycles. The van der Waals surface area contributed by atoms with Gasteiger partial charge in [0, 0.05) is 26.7 Å². The maximum absolute atomic E-state index is 12.9. The van der Waals surface area contributed by atoms with Crippen molar-refractivity contribution in [2.24, 2.45) is 0 Å². The van der Waals surface area contributed by atoms with Crippen molar-refractivity contribution in [2.45, 2.75) is 36.7 Å². The molecule has 1 aliphatic rings. The summed E-state index contributed by atoms with van der Waals surface area (Å²) in [4.78, 5) is 13.6. The minimum absolute atomic E-state index is 0.00279. The fourth-order valence-electron chi connectivity index (χ4n) is 2.66. The Kier molecular flexibility index (Phi) is 7.19. The molecule has 0 saturated carbocycles. The van der Waals surface area contributed by atoms with E-state index < -0.39 is 15.7 Å². The van der Waals surface area contributed by atoms with Crippen molar-refractivity contribution in [1.82, 2.24) is 10.2 Å². The van der Waals surface area contributed by atoms with Crippen molar-refractivity contribution < 1.29 is 22.3 Å². The van der Waals surface area contributed by atoms with Crippen molar-refractivity contribution in [3.8, 4) is 0 Å². The van der Waals surface area contributed by atoms with Crippen LogP contribution in [0, 0.1) is 5.82 Å². The van der Waals surface area contributed by atoms with Gasteiger partial charge in [-0.3, -0.25) is 0 Å². The highest BCUT2D eigenvalue weighted by Gasteiger charge is 2.18. The van der Waals surface area contributed by atoms with Gasteiger partial charge in [-0.1, -0.05) is 0 Å². The topological polar surface area (TPSA) is 75.7 Å². The average Bonchev–Trinajstić information content (AvgIpc) is 2.60. The summed E-state index contributed by atoms with van der Waals surface area (Å²) in [5.41, 5.74) is 0. The third-order valence-electron chi connectivity index (χ3n) is 4.23. The summed E-state index contributed by atoms with van der Waals surface area (Å²) in [6, 6.07) is 4.34. The Morgan fingerprint density at radius 1 is 1.32 bits per heavy atom. The molecule has 0 radical (unpaired) electrons. The number of carbonyl (C=O) groups excluding carboxylic acids is 1. The Balaban J connectivity index is 1.72. The van der Waals surface area contributed by atoms with Crippen molar-refractivity contribution in [3.05, 3.63) is 30.1 Å². The number of hydrogen-bond donors (Lipinski definition) is 1. The van der Waals surface area contributed by atoms with Gasteiger partial charge in [0.2, 0.25) is 0 Å². The van der Waals surface area contributed by atoms with E-state index >= 15 is 0 Å². The number of nitrogens with zero attached hydrogens (tertiary/aromatic N) is 1. The lowest BCUT2D eigenvalue weighted by Gasteiger charge is -2.25. The molecule has 1 unspecified atom stereocenters. The van der Waals surface area contributed by atoms with Gasteiger partial charge >= 0.3 is 6.03 Å².